The van der Waals surface area contributed by atoms with Crippen LogP contribution in [-0.4, -0.2) is 27.3 Å². The zero-order valence-corrected chi connectivity index (χ0v) is 27.0. The van der Waals surface area contributed by atoms with Crippen molar-refractivity contribution in [3.05, 3.63) is 89.3 Å². The van der Waals surface area contributed by atoms with Gasteiger partial charge < -0.3 is 20.1 Å². The lowest BCUT2D eigenvalue weighted by Crippen LogP contribution is -2.35. The number of benzene rings is 3. The lowest BCUT2D eigenvalue weighted by Gasteiger charge is -2.38. The smallest absolute Gasteiger partial charge is 0.340 e. The summed E-state index contributed by atoms with van der Waals surface area (Å²) in [5.74, 6) is -1.44. The minimum Gasteiger partial charge on any atom is -0.507 e. The topological polar surface area (TPSA) is 104 Å². The molecule has 41 heavy (non-hydrogen) atoms. The second kappa shape index (κ2) is 12.6. The van der Waals surface area contributed by atoms with Crippen molar-refractivity contribution in [1.82, 2.24) is 0 Å². The van der Waals surface area contributed by atoms with Crippen molar-refractivity contribution in [3.63, 3.8) is 0 Å². The molecule has 6 nitrogen and oxygen atoms in total. The number of halogens is 2. The van der Waals surface area contributed by atoms with E-state index in [0.717, 1.165) is 59.1 Å². The van der Waals surface area contributed by atoms with Crippen LogP contribution in [0.4, 0.5) is 0 Å². The predicted molar refractivity (Wildman–Crippen MR) is 166 cm³/mol. The molecule has 0 radical (unpaired) electrons. The average molecular weight is 688 g/mol. The van der Waals surface area contributed by atoms with Gasteiger partial charge in [0.2, 0.25) is 0 Å². The molecule has 1 aliphatic rings. The Bertz CT molecular complexity index is 1440. The van der Waals surface area contributed by atoms with E-state index in [-0.39, 0.29) is 17.1 Å². The van der Waals surface area contributed by atoms with Crippen LogP contribution >= 0.6 is 31.9 Å². The Morgan fingerprint density at radius 2 is 1.24 bits per heavy atom. The summed E-state index contributed by atoms with van der Waals surface area (Å²) >= 11 is 7.29. The molecule has 0 bridgehead atoms. The van der Waals surface area contributed by atoms with E-state index in [1.54, 1.807) is 18.2 Å². The Labute approximate surface area is 258 Å². The van der Waals surface area contributed by atoms with Gasteiger partial charge in [0.25, 0.3) is 0 Å². The number of carboxylic acids is 1. The second-order valence-electron chi connectivity index (χ2n) is 10.6. The number of aryl methyl sites for hydroxylation is 2. The second-order valence-corrected chi connectivity index (χ2v) is 12.2. The van der Waals surface area contributed by atoms with Crippen molar-refractivity contribution in [2.24, 2.45) is 0 Å². The van der Waals surface area contributed by atoms with Crippen LogP contribution in [-0.2, 0) is 36.0 Å². The molecular formula is C33H36Br2O6. The number of fused-ring (bicyclic) bond motifs is 1. The molecule has 3 aromatic rings. The first-order chi connectivity index (χ1) is 19.6. The number of ether oxygens (including phenoxy) is 1. The summed E-state index contributed by atoms with van der Waals surface area (Å²) in [6, 6.07) is 7.97. The van der Waals surface area contributed by atoms with Gasteiger partial charge in [0.15, 0.2) is 5.60 Å². The first kappa shape index (κ1) is 31.1. The van der Waals surface area contributed by atoms with Crippen LogP contribution in [0, 0.1) is 0 Å². The zero-order chi connectivity index (χ0) is 30.1. The fraction of sp³-hybridized carbons (Fsp3) is 0.394. The Morgan fingerprint density at radius 3 is 1.66 bits per heavy atom. The third-order valence-electron chi connectivity index (χ3n) is 7.70. The number of cyclic esters (lactones) is 1. The quantitative estimate of drug-likeness (QED) is 0.175. The summed E-state index contributed by atoms with van der Waals surface area (Å²) in [5.41, 5.74) is 4.07. The van der Waals surface area contributed by atoms with E-state index in [1.165, 1.54) is 12.1 Å². The molecule has 0 fully saturated rings. The number of aromatic carboxylic acids is 1. The van der Waals surface area contributed by atoms with Gasteiger partial charge in [0, 0.05) is 16.7 Å². The largest absolute Gasteiger partial charge is 0.507 e. The average Bonchev–Trinajstić information content (AvgIpc) is 3.22. The fourth-order valence-corrected chi connectivity index (χ4v) is 7.21. The number of phenolic OH excluding ortho intramolecular Hbond substituents is 2. The minimum atomic E-state index is -1.51. The van der Waals surface area contributed by atoms with Gasteiger partial charge >= 0.3 is 11.9 Å². The maximum Gasteiger partial charge on any atom is 0.340 e. The van der Waals surface area contributed by atoms with Gasteiger partial charge in [-0.05, 0) is 110 Å². The molecule has 0 unspecified atom stereocenters. The van der Waals surface area contributed by atoms with E-state index in [4.69, 9.17) is 4.74 Å². The lowest BCUT2D eigenvalue weighted by molar-refractivity contribution is 0.0241. The summed E-state index contributed by atoms with van der Waals surface area (Å²) in [6.07, 6.45) is 5.44. The molecule has 1 aliphatic heterocycles. The van der Waals surface area contributed by atoms with E-state index >= 15 is 0 Å². The molecule has 8 heteroatoms. The zero-order valence-electron chi connectivity index (χ0n) is 23.9. The number of hydrogen-bond donors (Lipinski definition) is 3. The number of carboxylic acid groups (broad SMARTS) is 1. The van der Waals surface area contributed by atoms with Crippen LogP contribution in [0.3, 0.4) is 0 Å². The van der Waals surface area contributed by atoms with Crippen molar-refractivity contribution in [3.8, 4) is 11.5 Å². The van der Waals surface area contributed by atoms with E-state index in [0.29, 0.717) is 45.8 Å². The van der Waals surface area contributed by atoms with Crippen LogP contribution in [0.2, 0.25) is 0 Å². The summed E-state index contributed by atoms with van der Waals surface area (Å²) in [4.78, 5) is 26.0. The highest BCUT2D eigenvalue weighted by Crippen LogP contribution is 2.55. The molecule has 0 aromatic heterocycles. The van der Waals surface area contributed by atoms with Crippen molar-refractivity contribution in [2.75, 3.05) is 0 Å². The van der Waals surface area contributed by atoms with Crippen molar-refractivity contribution >= 4 is 43.8 Å². The molecular weight excluding hydrogens is 652 g/mol. The standard InChI is InChI=1S/C33H36Br2O6/c1-5-9-18-16-25(36)29(34)22(11-7-3)27(18)33(24-15-20(31(38)39)13-14-21(24)32(40)41-33)28-19(10-6-2)17-26(37)30(35)23(28)12-8-4/h13-17,36-37H,5-12H2,1-4H3,(H,38,39). The van der Waals surface area contributed by atoms with Crippen molar-refractivity contribution in [1.29, 1.82) is 0 Å². The van der Waals surface area contributed by atoms with Crippen LogP contribution in [0.5, 0.6) is 11.5 Å². The van der Waals surface area contributed by atoms with Gasteiger partial charge in [-0.3, -0.25) is 0 Å². The van der Waals surface area contributed by atoms with Gasteiger partial charge in [0.05, 0.1) is 20.1 Å². The maximum atomic E-state index is 13.8. The molecule has 0 saturated carbocycles. The van der Waals surface area contributed by atoms with Crippen LogP contribution in [0.1, 0.15) is 113 Å². The number of esters is 1. The van der Waals surface area contributed by atoms with Crippen LogP contribution < -0.4 is 0 Å². The molecule has 1 heterocycles. The number of aromatic hydroxyl groups is 2. The maximum absolute atomic E-state index is 13.8. The molecule has 3 aromatic carbocycles. The normalized spacial score (nSPS) is 13.8. The number of carbonyl (C=O) groups is 2. The Kier molecular flexibility index (Phi) is 9.54. The van der Waals surface area contributed by atoms with E-state index < -0.39 is 17.5 Å². The van der Waals surface area contributed by atoms with E-state index in [1.807, 2.05) is 27.7 Å². The SMILES string of the molecule is CCCc1cc(O)c(Br)c(CCC)c1C1(c2c(CCC)cc(O)c(Br)c2CCC)OC(=O)c2ccc(C(=O)O)cc21. The fourth-order valence-electron chi connectivity index (χ4n) is 6.19. The number of rotatable bonds is 11. The third kappa shape index (κ3) is 5.29. The van der Waals surface area contributed by atoms with Gasteiger partial charge in [-0.2, -0.15) is 0 Å². The Morgan fingerprint density at radius 1 is 0.780 bits per heavy atom. The summed E-state index contributed by atoms with van der Waals surface area (Å²) in [6.45, 7) is 8.19. The van der Waals surface area contributed by atoms with Gasteiger partial charge in [-0.25, -0.2) is 9.59 Å². The molecule has 0 spiro atoms. The molecule has 0 aliphatic carbocycles. The molecule has 0 atom stereocenters. The van der Waals surface area contributed by atoms with Gasteiger partial charge in [0.1, 0.15) is 11.5 Å². The molecule has 0 saturated heterocycles. The van der Waals surface area contributed by atoms with Crippen molar-refractivity contribution in [2.45, 2.75) is 84.7 Å². The summed E-state index contributed by atoms with van der Waals surface area (Å²) < 4.78 is 7.68. The monoisotopic (exact) mass is 686 g/mol. The van der Waals surface area contributed by atoms with Gasteiger partial charge in [-0.15, -0.1) is 0 Å². The first-order valence-corrected chi connectivity index (χ1v) is 15.8. The van der Waals surface area contributed by atoms with E-state index in [9.17, 15) is 24.9 Å². The van der Waals surface area contributed by atoms with Crippen LogP contribution in [0.15, 0.2) is 39.3 Å². The summed E-state index contributed by atoms with van der Waals surface area (Å²) in [7, 11) is 0. The van der Waals surface area contributed by atoms with Crippen LogP contribution in [0.25, 0.3) is 0 Å². The molecule has 4 rings (SSSR count). The number of carbonyl (C=O) groups excluding carboxylic acids is 1. The Hall–Kier alpha value is -2.84. The number of hydrogen-bond acceptors (Lipinski definition) is 5. The summed E-state index contributed by atoms with van der Waals surface area (Å²) in [5, 5.41) is 32.0. The van der Waals surface area contributed by atoms with Gasteiger partial charge in [-0.1, -0.05) is 53.4 Å². The molecule has 218 valence electrons. The molecule has 0 amide bonds. The predicted octanol–water partition coefficient (Wildman–Crippen LogP) is 8.59. The third-order valence-corrected chi connectivity index (χ3v) is 9.47. The lowest BCUT2D eigenvalue weighted by atomic mass is 9.70. The number of phenols is 2. The highest BCUT2D eigenvalue weighted by Gasteiger charge is 2.53. The molecule has 3 N–H and O–H groups in total. The van der Waals surface area contributed by atoms with Crippen molar-refractivity contribution < 1.29 is 29.6 Å². The highest BCUT2D eigenvalue weighted by atomic mass is 79.9. The highest BCUT2D eigenvalue weighted by molar-refractivity contribution is 9.11. The first-order valence-electron chi connectivity index (χ1n) is 14.3. The Balaban J connectivity index is 2.35. The minimum absolute atomic E-state index is 0.0466. The van der Waals surface area contributed by atoms with E-state index in [2.05, 4.69) is 31.9 Å².